The van der Waals surface area contributed by atoms with Crippen molar-refractivity contribution >= 4 is 11.8 Å². The zero-order valence-corrected chi connectivity index (χ0v) is 14.2. The smallest absolute Gasteiger partial charge is 0.237 e. The van der Waals surface area contributed by atoms with Crippen molar-refractivity contribution in [3.05, 3.63) is 59.5 Å². The van der Waals surface area contributed by atoms with Gasteiger partial charge in [-0.2, -0.15) is 4.98 Å². The molecule has 0 saturated heterocycles. The average molecular weight is 326 g/mol. The Kier molecular flexibility index (Phi) is 4.67. The van der Waals surface area contributed by atoms with Gasteiger partial charge in [0.15, 0.2) is 0 Å². The molecule has 0 fully saturated rings. The second-order valence-corrected chi connectivity index (χ2v) is 6.32. The summed E-state index contributed by atoms with van der Waals surface area (Å²) >= 11 is 1.69. The molecule has 5 heteroatoms. The van der Waals surface area contributed by atoms with Gasteiger partial charge in [-0.15, -0.1) is 11.8 Å². The van der Waals surface area contributed by atoms with Gasteiger partial charge in [-0.3, -0.25) is 0 Å². The first-order chi connectivity index (χ1) is 11.2. The summed E-state index contributed by atoms with van der Waals surface area (Å²) in [7, 11) is 1.64. The Morgan fingerprint density at radius 2 is 1.83 bits per heavy atom. The van der Waals surface area contributed by atoms with E-state index in [1.807, 2.05) is 24.3 Å². The molecule has 0 saturated carbocycles. The van der Waals surface area contributed by atoms with E-state index < -0.39 is 0 Å². The molecule has 1 aromatic heterocycles. The number of ether oxygens (including phenoxy) is 1. The molecule has 0 amide bonds. The van der Waals surface area contributed by atoms with Gasteiger partial charge in [0, 0.05) is 10.5 Å². The first kappa shape index (κ1) is 15.6. The number of hydrogen-bond acceptors (Lipinski definition) is 5. The highest BCUT2D eigenvalue weighted by Gasteiger charge is 2.09. The van der Waals surface area contributed by atoms with Crippen molar-refractivity contribution in [2.24, 2.45) is 0 Å². The monoisotopic (exact) mass is 326 g/mol. The lowest BCUT2D eigenvalue weighted by Gasteiger charge is -2.03. The Balaban J connectivity index is 1.67. The van der Waals surface area contributed by atoms with E-state index in [9.17, 15) is 0 Å². The Labute approximate surface area is 139 Å². The maximum Gasteiger partial charge on any atom is 0.237 e. The Morgan fingerprint density at radius 1 is 1.04 bits per heavy atom. The van der Waals surface area contributed by atoms with Crippen LogP contribution in [0.1, 0.15) is 17.0 Å². The minimum Gasteiger partial charge on any atom is -0.497 e. The van der Waals surface area contributed by atoms with Crippen molar-refractivity contribution in [2.75, 3.05) is 7.11 Å². The fourth-order valence-corrected chi connectivity index (χ4v) is 2.95. The number of hydrogen-bond donors (Lipinski definition) is 0. The highest BCUT2D eigenvalue weighted by atomic mass is 32.2. The van der Waals surface area contributed by atoms with Crippen molar-refractivity contribution in [3.8, 4) is 17.1 Å². The number of aromatic nitrogens is 2. The lowest BCUT2D eigenvalue weighted by Crippen LogP contribution is -1.85. The van der Waals surface area contributed by atoms with Crippen LogP contribution in [0.5, 0.6) is 5.75 Å². The lowest BCUT2D eigenvalue weighted by molar-refractivity contribution is 0.391. The molecule has 0 spiro atoms. The van der Waals surface area contributed by atoms with Crippen LogP contribution in [0.3, 0.4) is 0 Å². The van der Waals surface area contributed by atoms with Crippen molar-refractivity contribution < 1.29 is 9.26 Å². The summed E-state index contributed by atoms with van der Waals surface area (Å²) in [6.07, 6.45) is 0. The van der Waals surface area contributed by atoms with Crippen molar-refractivity contribution in [2.45, 2.75) is 24.5 Å². The first-order valence-electron chi connectivity index (χ1n) is 7.33. The topological polar surface area (TPSA) is 48.2 Å². The summed E-state index contributed by atoms with van der Waals surface area (Å²) in [5, 5.41) is 4.05. The van der Waals surface area contributed by atoms with Crippen molar-refractivity contribution in [1.82, 2.24) is 10.1 Å². The van der Waals surface area contributed by atoms with E-state index in [-0.39, 0.29) is 0 Å². The Hall–Kier alpha value is -2.27. The molecule has 3 rings (SSSR count). The molecule has 118 valence electrons. The highest BCUT2D eigenvalue weighted by Crippen LogP contribution is 2.26. The van der Waals surface area contributed by atoms with Crippen LogP contribution < -0.4 is 4.74 Å². The standard InChI is InChI=1S/C18H18N2O2S/c1-12-4-9-16(10-13(12)2)23-11-17-19-18(20-22-17)14-5-7-15(21-3)8-6-14/h4-10H,11H2,1-3H3. The molecule has 0 N–H and O–H groups in total. The molecular weight excluding hydrogens is 308 g/mol. The number of nitrogens with zero attached hydrogens (tertiary/aromatic N) is 2. The van der Waals surface area contributed by atoms with Crippen molar-refractivity contribution in [1.29, 1.82) is 0 Å². The van der Waals surface area contributed by atoms with E-state index in [4.69, 9.17) is 9.26 Å². The SMILES string of the molecule is COc1ccc(-c2noc(CSc3ccc(C)c(C)c3)n2)cc1. The molecule has 0 atom stereocenters. The quantitative estimate of drug-likeness (QED) is 0.638. The predicted octanol–water partition coefficient (Wildman–Crippen LogP) is 4.65. The third-order valence-corrected chi connectivity index (χ3v) is 4.64. The Bertz CT molecular complexity index is 797. The van der Waals surface area contributed by atoms with E-state index >= 15 is 0 Å². The number of benzene rings is 2. The third kappa shape index (κ3) is 3.74. The molecule has 0 aliphatic heterocycles. The van der Waals surface area contributed by atoms with Gasteiger partial charge in [0.2, 0.25) is 11.7 Å². The van der Waals surface area contributed by atoms with Crippen molar-refractivity contribution in [3.63, 3.8) is 0 Å². The van der Waals surface area contributed by atoms with Gasteiger partial charge in [0.25, 0.3) is 0 Å². The van der Waals surface area contributed by atoms with Gasteiger partial charge < -0.3 is 9.26 Å². The van der Waals surface area contributed by atoms with Crippen LogP contribution in [0.25, 0.3) is 11.4 Å². The minimum atomic E-state index is 0.600. The average Bonchev–Trinajstić information content (AvgIpc) is 3.05. The maximum atomic E-state index is 5.34. The summed E-state index contributed by atoms with van der Waals surface area (Å²) in [5.74, 6) is 2.69. The second kappa shape index (κ2) is 6.87. The molecule has 23 heavy (non-hydrogen) atoms. The highest BCUT2D eigenvalue weighted by molar-refractivity contribution is 7.98. The maximum absolute atomic E-state index is 5.34. The van der Waals surface area contributed by atoms with Crippen LogP contribution in [0.15, 0.2) is 51.9 Å². The lowest BCUT2D eigenvalue weighted by atomic mass is 10.1. The number of thioether (sulfide) groups is 1. The van der Waals surface area contributed by atoms with Gasteiger partial charge in [-0.05, 0) is 61.4 Å². The normalized spacial score (nSPS) is 10.7. The zero-order valence-electron chi connectivity index (χ0n) is 13.4. The first-order valence-corrected chi connectivity index (χ1v) is 8.31. The minimum absolute atomic E-state index is 0.600. The molecular formula is C18H18N2O2S. The number of aryl methyl sites for hydroxylation is 2. The van der Waals surface area contributed by atoms with E-state index in [0.717, 1.165) is 11.3 Å². The summed E-state index contributed by atoms with van der Waals surface area (Å²) in [6, 6.07) is 14.0. The van der Waals surface area contributed by atoms with Crippen LogP contribution >= 0.6 is 11.8 Å². The van der Waals surface area contributed by atoms with Crippen LogP contribution in [0, 0.1) is 13.8 Å². The van der Waals surface area contributed by atoms with Crippen LogP contribution in [0.4, 0.5) is 0 Å². The van der Waals surface area contributed by atoms with Gasteiger partial charge in [0.05, 0.1) is 12.9 Å². The van der Waals surface area contributed by atoms with Gasteiger partial charge in [-0.25, -0.2) is 0 Å². The van der Waals surface area contributed by atoms with Gasteiger partial charge >= 0.3 is 0 Å². The number of methoxy groups -OCH3 is 1. The third-order valence-electron chi connectivity index (χ3n) is 3.66. The molecule has 0 aliphatic carbocycles. The number of rotatable bonds is 5. The predicted molar refractivity (Wildman–Crippen MR) is 91.8 cm³/mol. The molecule has 3 aromatic rings. The Morgan fingerprint density at radius 3 is 2.52 bits per heavy atom. The molecule has 1 heterocycles. The van der Waals surface area contributed by atoms with E-state index in [2.05, 4.69) is 42.2 Å². The second-order valence-electron chi connectivity index (χ2n) is 5.27. The molecule has 0 unspecified atom stereocenters. The van der Waals surface area contributed by atoms with Gasteiger partial charge in [0.1, 0.15) is 5.75 Å². The fourth-order valence-electron chi connectivity index (χ4n) is 2.12. The molecule has 0 bridgehead atoms. The van der Waals surface area contributed by atoms with Crippen LogP contribution in [0.2, 0.25) is 0 Å². The summed E-state index contributed by atoms with van der Waals surface area (Å²) in [5.41, 5.74) is 3.50. The molecule has 4 nitrogen and oxygen atoms in total. The van der Waals surface area contributed by atoms with Crippen LogP contribution in [-0.2, 0) is 5.75 Å². The largest absolute Gasteiger partial charge is 0.497 e. The zero-order chi connectivity index (χ0) is 16.2. The fraction of sp³-hybridized carbons (Fsp3) is 0.222. The summed E-state index contributed by atoms with van der Waals surface area (Å²) < 4.78 is 10.5. The molecule has 2 aromatic carbocycles. The van der Waals surface area contributed by atoms with E-state index in [1.54, 1.807) is 18.9 Å². The molecule has 0 aliphatic rings. The van der Waals surface area contributed by atoms with E-state index in [1.165, 1.54) is 16.0 Å². The van der Waals surface area contributed by atoms with E-state index in [0.29, 0.717) is 17.5 Å². The summed E-state index contributed by atoms with van der Waals surface area (Å²) in [6.45, 7) is 4.23. The summed E-state index contributed by atoms with van der Waals surface area (Å²) in [4.78, 5) is 5.66. The van der Waals surface area contributed by atoms with Gasteiger partial charge in [-0.1, -0.05) is 11.2 Å². The molecule has 0 radical (unpaired) electrons. The van der Waals surface area contributed by atoms with Crippen LogP contribution in [-0.4, -0.2) is 17.3 Å².